The van der Waals surface area contributed by atoms with Crippen LogP contribution in [0.1, 0.15) is 60.4 Å². The number of nitrogens with zero attached hydrogens (tertiary/aromatic N) is 3. The number of aryl methyl sites for hydroxylation is 1. The molecule has 0 saturated carbocycles. The second kappa shape index (κ2) is 8.57. The van der Waals surface area contributed by atoms with Crippen LogP contribution < -0.4 is 5.56 Å². The van der Waals surface area contributed by atoms with Crippen molar-refractivity contribution in [2.75, 3.05) is 7.05 Å². The Morgan fingerprint density at radius 3 is 2.61 bits per heavy atom. The van der Waals surface area contributed by atoms with Crippen LogP contribution in [0.3, 0.4) is 0 Å². The fourth-order valence-electron chi connectivity index (χ4n) is 4.10. The molecule has 0 bridgehead atoms. The lowest BCUT2D eigenvalue weighted by Gasteiger charge is -2.25. The van der Waals surface area contributed by atoms with Gasteiger partial charge >= 0.3 is 0 Å². The predicted molar refractivity (Wildman–Crippen MR) is 115 cm³/mol. The number of hydrogen-bond acceptors (Lipinski definition) is 3. The first kappa shape index (κ1) is 21.2. The third-order valence-electron chi connectivity index (χ3n) is 6.14. The van der Waals surface area contributed by atoms with E-state index < -0.39 is 17.7 Å². The van der Waals surface area contributed by atoms with Crippen LogP contribution in [0.15, 0.2) is 41.2 Å². The average Bonchev–Trinajstić information content (AvgIpc) is 2.75. The highest BCUT2D eigenvalue weighted by molar-refractivity contribution is 5.97. The monoisotopic (exact) mass is 425 g/mol. The van der Waals surface area contributed by atoms with E-state index in [1.165, 1.54) is 11.0 Å². The Bertz CT molecular complexity index is 1210. The van der Waals surface area contributed by atoms with E-state index in [1.807, 2.05) is 0 Å². The highest BCUT2D eigenvalue weighted by Crippen LogP contribution is 2.24. The van der Waals surface area contributed by atoms with Crippen LogP contribution in [0.5, 0.6) is 0 Å². The lowest BCUT2D eigenvalue weighted by molar-refractivity contribution is 0.0742. The number of halogens is 2. The van der Waals surface area contributed by atoms with Gasteiger partial charge < -0.3 is 4.90 Å². The molecule has 1 aromatic heterocycles. The van der Waals surface area contributed by atoms with E-state index in [4.69, 9.17) is 4.98 Å². The second-order valence-electron chi connectivity index (χ2n) is 8.15. The number of fused-ring (bicyclic) bond motifs is 2. The molecule has 1 atom stereocenters. The Balaban J connectivity index is 1.67. The van der Waals surface area contributed by atoms with Gasteiger partial charge in [0, 0.05) is 25.6 Å². The smallest absolute Gasteiger partial charge is 0.261 e. The molecule has 2 aromatic carbocycles. The summed E-state index contributed by atoms with van der Waals surface area (Å²) < 4.78 is 28.6. The van der Waals surface area contributed by atoms with Crippen LogP contribution in [-0.4, -0.2) is 27.4 Å². The summed E-state index contributed by atoms with van der Waals surface area (Å²) in [5, 5.41) is 0.497. The molecule has 0 aliphatic carbocycles. The molecule has 3 aromatic rings. The maximum absolute atomic E-state index is 13.6. The molecule has 1 aliphatic rings. The van der Waals surface area contributed by atoms with E-state index in [1.54, 1.807) is 36.7 Å². The van der Waals surface area contributed by atoms with Crippen molar-refractivity contribution in [1.82, 2.24) is 14.5 Å². The summed E-state index contributed by atoms with van der Waals surface area (Å²) in [6, 6.07) is 8.08. The van der Waals surface area contributed by atoms with Crippen LogP contribution in [0.4, 0.5) is 8.78 Å². The largest absolute Gasteiger partial charge is 0.335 e. The minimum Gasteiger partial charge on any atom is -0.335 e. The molecule has 0 spiro atoms. The van der Waals surface area contributed by atoms with Crippen molar-refractivity contribution in [1.29, 1.82) is 0 Å². The lowest BCUT2D eigenvalue weighted by Crippen LogP contribution is -2.30. The molecule has 2 heterocycles. The molecule has 0 fully saturated rings. The van der Waals surface area contributed by atoms with E-state index in [2.05, 4.69) is 0 Å². The number of benzene rings is 2. The van der Waals surface area contributed by atoms with Crippen LogP contribution in [0.2, 0.25) is 0 Å². The Labute approximate surface area is 179 Å². The van der Waals surface area contributed by atoms with E-state index >= 15 is 0 Å². The van der Waals surface area contributed by atoms with Gasteiger partial charge in [0.15, 0.2) is 11.6 Å². The summed E-state index contributed by atoms with van der Waals surface area (Å²) in [6.07, 6.45) is 4.93. The predicted octanol–water partition coefficient (Wildman–Crippen LogP) is 4.62. The van der Waals surface area contributed by atoms with Gasteiger partial charge in [-0.2, -0.15) is 0 Å². The van der Waals surface area contributed by atoms with E-state index in [9.17, 15) is 18.4 Å². The molecule has 1 unspecified atom stereocenters. The molecule has 5 nitrogen and oxygen atoms in total. The zero-order valence-electron chi connectivity index (χ0n) is 17.7. The molecular formula is C24H25F2N3O2. The summed E-state index contributed by atoms with van der Waals surface area (Å²) in [7, 11) is 1.61. The fourth-order valence-corrected chi connectivity index (χ4v) is 4.10. The molecular weight excluding hydrogens is 400 g/mol. The van der Waals surface area contributed by atoms with E-state index in [-0.39, 0.29) is 11.5 Å². The molecule has 0 saturated heterocycles. The van der Waals surface area contributed by atoms with Gasteiger partial charge in [0.1, 0.15) is 5.82 Å². The number of aromatic nitrogens is 2. The Morgan fingerprint density at radius 1 is 1.06 bits per heavy atom. The zero-order chi connectivity index (χ0) is 22.1. The Hall–Kier alpha value is -3.09. The molecule has 1 aliphatic heterocycles. The number of carbonyl (C=O) groups excluding carboxylic acids is 1. The first-order chi connectivity index (χ1) is 14.9. The van der Waals surface area contributed by atoms with Crippen molar-refractivity contribution in [2.24, 2.45) is 0 Å². The number of rotatable bonds is 3. The summed E-state index contributed by atoms with van der Waals surface area (Å²) in [5.74, 6) is -1.39. The van der Waals surface area contributed by atoms with Crippen molar-refractivity contribution in [3.05, 3.63) is 75.3 Å². The maximum atomic E-state index is 13.6. The lowest BCUT2D eigenvalue weighted by atomic mass is 10.0. The highest BCUT2D eigenvalue weighted by atomic mass is 19.2. The molecule has 1 amide bonds. The van der Waals surface area contributed by atoms with Crippen LogP contribution in [-0.2, 0) is 13.0 Å². The van der Waals surface area contributed by atoms with Crippen LogP contribution in [0, 0.1) is 11.6 Å². The number of amides is 1. The van der Waals surface area contributed by atoms with E-state index in [0.717, 1.165) is 50.1 Å². The van der Waals surface area contributed by atoms with Crippen molar-refractivity contribution in [3.8, 4) is 0 Å². The maximum Gasteiger partial charge on any atom is 0.261 e. The molecule has 7 heteroatoms. The summed E-state index contributed by atoms with van der Waals surface area (Å²) in [5.41, 5.74) is 1.33. The van der Waals surface area contributed by atoms with Crippen molar-refractivity contribution in [3.63, 3.8) is 0 Å². The number of carbonyl (C=O) groups is 1. The first-order valence-corrected chi connectivity index (χ1v) is 10.6. The van der Waals surface area contributed by atoms with Gasteiger partial charge in [-0.3, -0.25) is 14.2 Å². The second-order valence-corrected chi connectivity index (χ2v) is 8.15. The zero-order valence-corrected chi connectivity index (χ0v) is 17.7. The van der Waals surface area contributed by atoms with Crippen molar-refractivity contribution >= 4 is 16.8 Å². The Morgan fingerprint density at radius 2 is 1.84 bits per heavy atom. The standard InChI is InChI=1S/C24H25F2N3O2/c1-15(16-9-11-19(25)20(26)13-16)28(2)23(30)17-8-10-18-21(14-17)27-22-7-5-3-4-6-12-29(22)24(18)31/h8-11,13-15H,3-7,12H2,1-2H3. The van der Waals surface area contributed by atoms with Gasteiger partial charge in [0.05, 0.1) is 16.9 Å². The normalized spacial score (nSPS) is 15.1. The van der Waals surface area contributed by atoms with Gasteiger partial charge in [0.25, 0.3) is 11.5 Å². The van der Waals surface area contributed by atoms with Gasteiger partial charge in [0.2, 0.25) is 0 Å². The van der Waals surface area contributed by atoms with Gasteiger partial charge in [-0.1, -0.05) is 18.9 Å². The summed E-state index contributed by atoms with van der Waals surface area (Å²) in [6.45, 7) is 2.42. The molecule has 162 valence electrons. The minimum atomic E-state index is -0.947. The quantitative estimate of drug-likeness (QED) is 0.615. The number of hydrogen-bond donors (Lipinski definition) is 0. The molecule has 0 N–H and O–H groups in total. The van der Waals surface area contributed by atoms with E-state index in [0.29, 0.717) is 28.6 Å². The highest BCUT2D eigenvalue weighted by Gasteiger charge is 2.21. The topological polar surface area (TPSA) is 55.2 Å². The molecule has 0 radical (unpaired) electrons. The van der Waals surface area contributed by atoms with Crippen molar-refractivity contribution < 1.29 is 13.6 Å². The van der Waals surface area contributed by atoms with Crippen molar-refractivity contribution in [2.45, 2.75) is 51.6 Å². The average molecular weight is 425 g/mol. The summed E-state index contributed by atoms with van der Waals surface area (Å²) in [4.78, 5) is 32.2. The van der Waals surface area contributed by atoms with Gasteiger partial charge in [-0.05, 0) is 55.7 Å². The molecule has 31 heavy (non-hydrogen) atoms. The van der Waals surface area contributed by atoms with Crippen LogP contribution in [0.25, 0.3) is 10.9 Å². The third kappa shape index (κ3) is 4.09. The minimum absolute atomic E-state index is 0.0654. The Kier molecular flexibility index (Phi) is 5.85. The molecule has 4 rings (SSSR count). The van der Waals surface area contributed by atoms with Crippen LogP contribution >= 0.6 is 0 Å². The fraction of sp³-hybridized carbons (Fsp3) is 0.375. The first-order valence-electron chi connectivity index (χ1n) is 10.6. The third-order valence-corrected chi connectivity index (χ3v) is 6.14. The van der Waals surface area contributed by atoms with Gasteiger partial charge in [-0.15, -0.1) is 0 Å². The van der Waals surface area contributed by atoms with Gasteiger partial charge in [-0.25, -0.2) is 13.8 Å². The summed E-state index contributed by atoms with van der Waals surface area (Å²) >= 11 is 0. The SMILES string of the molecule is CC(c1ccc(F)c(F)c1)N(C)C(=O)c1ccc2c(=O)n3c(nc2c1)CCCCCC3.